The largest absolute Gasteiger partial charge is 0.459 e. The minimum absolute atomic E-state index is 0.0451. The van der Waals surface area contributed by atoms with Gasteiger partial charge in [-0.15, -0.1) is 0 Å². The number of benzene rings is 1. The van der Waals surface area contributed by atoms with E-state index in [2.05, 4.69) is 11.4 Å². The molecule has 5 nitrogen and oxygen atoms in total. The maximum absolute atomic E-state index is 13.1. The van der Waals surface area contributed by atoms with Crippen molar-refractivity contribution in [3.05, 3.63) is 59.5 Å². The minimum Gasteiger partial charge on any atom is -0.459 e. The van der Waals surface area contributed by atoms with Crippen LogP contribution >= 0.6 is 0 Å². The minimum atomic E-state index is -0.499. The fraction of sp³-hybridized carbons (Fsp3) is 0.455. The molecule has 1 aromatic carbocycles. The van der Waals surface area contributed by atoms with Crippen molar-refractivity contribution >= 4 is 11.8 Å². The predicted molar refractivity (Wildman–Crippen MR) is 102 cm³/mol. The molecule has 2 aromatic rings. The number of carbonyl (C=O) groups excluding carboxylic acids is 2. The van der Waals surface area contributed by atoms with E-state index in [9.17, 15) is 9.59 Å². The highest BCUT2D eigenvalue weighted by Crippen LogP contribution is 2.26. The first-order valence-corrected chi connectivity index (χ1v) is 9.94. The smallest absolute Gasteiger partial charge is 0.290 e. The van der Waals surface area contributed by atoms with E-state index in [0.717, 1.165) is 36.8 Å². The monoisotopic (exact) mass is 366 g/mol. The molecule has 1 atom stereocenters. The Bertz CT molecular complexity index is 792. The Hall–Kier alpha value is -2.56. The Labute approximate surface area is 159 Å². The number of hydrogen-bond acceptors (Lipinski definition) is 3. The standard InChI is InChI=1S/C22H26N2O3/c25-21(23-18-10-3-1-2-4-11-18)19-14-16-8-5-6-9-17(16)15-24(19)22(26)20-12-7-13-27-20/h5-9,12-13,18-19H,1-4,10-11,14-15H2,(H,23,25)/t19-/m0/s1. The van der Waals surface area contributed by atoms with Crippen LogP contribution in [-0.4, -0.2) is 28.8 Å². The highest BCUT2D eigenvalue weighted by atomic mass is 16.3. The van der Waals surface area contributed by atoms with Gasteiger partial charge in [0.1, 0.15) is 6.04 Å². The van der Waals surface area contributed by atoms with Crippen molar-refractivity contribution in [2.24, 2.45) is 0 Å². The number of hydrogen-bond donors (Lipinski definition) is 1. The second-order valence-corrected chi connectivity index (χ2v) is 7.60. The van der Waals surface area contributed by atoms with Crippen molar-refractivity contribution in [3.8, 4) is 0 Å². The third kappa shape index (κ3) is 3.92. The van der Waals surface area contributed by atoms with Crippen molar-refractivity contribution in [2.75, 3.05) is 0 Å². The predicted octanol–water partition coefficient (Wildman–Crippen LogP) is 3.69. The van der Waals surface area contributed by atoms with E-state index in [-0.39, 0.29) is 23.6 Å². The van der Waals surface area contributed by atoms with Crippen molar-refractivity contribution in [2.45, 2.75) is 63.6 Å². The lowest BCUT2D eigenvalue weighted by molar-refractivity contribution is -0.127. The first kappa shape index (κ1) is 17.8. The molecule has 2 aliphatic rings. The number of nitrogens with zero attached hydrogens (tertiary/aromatic N) is 1. The summed E-state index contributed by atoms with van der Waals surface area (Å²) in [7, 11) is 0. The van der Waals surface area contributed by atoms with Gasteiger partial charge in [-0.25, -0.2) is 0 Å². The fourth-order valence-electron chi connectivity index (χ4n) is 4.23. The molecule has 1 aliphatic heterocycles. The topological polar surface area (TPSA) is 62.6 Å². The summed E-state index contributed by atoms with van der Waals surface area (Å²) in [5.41, 5.74) is 2.23. The highest BCUT2D eigenvalue weighted by molar-refractivity contribution is 5.96. The van der Waals surface area contributed by atoms with Gasteiger partial charge in [0.05, 0.1) is 6.26 Å². The normalized spacial score (nSPS) is 20.6. The Morgan fingerprint density at radius 3 is 2.41 bits per heavy atom. The number of carbonyl (C=O) groups is 2. The van der Waals surface area contributed by atoms with E-state index in [1.54, 1.807) is 17.0 Å². The average Bonchev–Trinajstić information content (AvgIpc) is 3.12. The molecule has 1 aromatic heterocycles. The molecular formula is C22H26N2O3. The maximum Gasteiger partial charge on any atom is 0.290 e. The molecule has 4 rings (SSSR count). The molecule has 0 radical (unpaired) electrons. The van der Waals surface area contributed by atoms with Crippen LogP contribution in [0.25, 0.3) is 0 Å². The Balaban J connectivity index is 1.56. The number of rotatable bonds is 3. The summed E-state index contributed by atoms with van der Waals surface area (Å²) in [6, 6.07) is 11.1. The van der Waals surface area contributed by atoms with Crippen molar-refractivity contribution in [1.82, 2.24) is 10.2 Å². The van der Waals surface area contributed by atoms with Crippen LogP contribution in [0.2, 0.25) is 0 Å². The molecule has 2 amide bonds. The van der Waals surface area contributed by atoms with Gasteiger partial charge in [0.15, 0.2) is 5.76 Å². The number of furan rings is 1. The molecule has 1 saturated carbocycles. The molecule has 1 N–H and O–H groups in total. The summed E-state index contributed by atoms with van der Waals surface area (Å²) in [4.78, 5) is 27.8. The molecule has 0 saturated heterocycles. The first-order chi connectivity index (χ1) is 13.2. The van der Waals surface area contributed by atoms with E-state index in [4.69, 9.17) is 4.42 Å². The van der Waals surface area contributed by atoms with Crippen LogP contribution in [0.4, 0.5) is 0 Å². The molecule has 2 heterocycles. The molecule has 0 spiro atoms. The van der Waals surface area contributed by atoms with Gasteiger partial charge in [0.25, 0.3) is 5.91 Å². The van der Waals surface area contributed by atoms with Crippen LogP contribution in [0.5, 0.6) is 0 Å². The maximum atomic E-state index is 13.1. The average molecular weight is 366 g/mol. The number of amides is 2. The summed E-state index contributed by atoms with van der Waals surface area (Å²) >= 11 is 0. The second-order valence-electron chi connectivity index (χ2n) is 7.60. The zero-order chi connectivity index (χ0) is 18.6. The third-order valence-corrected chi connectivity index (χ3v) is 5.75. The van der Waals surface area contributed by atoms with Crippen molar-refractivity contribution < 1.29 is 14.0 Å². The molecule has 142 valence electrons. The number of fused-ring (bicyclic) bond motifs is 1. The molecule has 0 bridgehead atoms. The van der Waals surface area contributed by atoms with Crippen LogP contribution in [0, 0.1) is 0 Å². The highest BCUT2D eigenvalue weighted by Gasteiger charge is 2.36. The lowest BCUT2D eigenvalue weighted by Gasteiger charge is -2.36. The van der Waals surface area contributed by atoms with E-state index in [1.165, 1.54) is 19.1 Å². The van der Waals surface area contributed by atoms with Gasteiger partial charge in [-0.3, -0.25) is 9.59 Å². The summed E-state index contributed by atoms with van der Waals surface area (Å²) in [6.07, 6.45) is 8.90. The van der Waals surface area contributed by atoms with Crippen molar-refractivity contribution in [3.63, 3.8) is 0 Å². The Kier molecular flexibility index (Phi) is 5.28. The third-order valence-electron chi connectivity index (χ3n) is 5.75. The lowest BCUT2D eigenvalue weighted by Crippen LogP contribution is -2.54. The van der Waals surface area contributed by atoms with E-state index in [0.29, 0.717) is 13.0 Å². The van der Waals surface area contributed by atoms with Gasteiger partial charge in [-0.05, 0) is 36.1 Å². The summed E-state index contributed by atoms with van der Waals surface area (Å²) < 4.78 is 5.31. The fourth-order valence-corrected chi connectivity index (χ4v) is 4.23. The van der Waals surface area contributed by atoms with Gasteiger partial charge in [0.2, 0.25) is 5.91 Å². The van der Waals surface area contributed by atoms with Crippen LogP contribution < -0.4 is 5.32 Å². The SMILES string of the molecule is O=C(NC1CCCCCC1)[C@@H]1Cc2ccccc2CN1C(=O)c1ccco1. The van der Waals surface area contributed by atoms with E-state index >= 15 is 0 Å². The summed E-state index contributed by atoms with van der Waals surface area (Å²) in [5.74, 6) is 0.00785. The van der Waals surface area contributed by atoms with Gasteiger partial charge in [0, 0.05) is 19.0 Å². The molecule has 1 fully saturated rings. The Morgan fingerprint density at radius 2 is 1.70 bits per heavy atom. The number of nitrogens with one attached hydrogen (secondary N) is 1. The van der Waals surface area contributed by atoms with E-state index < -0.39 is 6.04 Å². The van der Waals surface area contributed by atoms with Gasteiger partial charge < -0.3 is 14.6 Å². The second kappa shape index (κ2) is 7.99. The summed E-state index contributed by atoms with van der Waals surface area (Å²) in [6.45, 7) is 0.429. The van der Waals surface area contributed by atoms with Gasteiger partial charge in [-0.2, -0.15) is 0 Å². The lowest BCUT2D eigenvalue weighted by atomic mass is 9.92. The molecule has 1 aliphatic carbocycles. The first-order valence-electron chi connectivity index (χ1n) is 9.94. The van der Waals surface area contributed by atoms with Crippen molar-refractivity contribution in [1.29, 1.82) is 0 Å². The van der Waals surface area contributed by atoms with Crippen LogP contribution in [0.1, 0.15) is 60.2 Å². The van der Waals surface area contributed by atoms with Crippen LogP contribution in [-0.2, 0) is 17.8 Å². The van der Waals surface area contributed by atoms with Gasteiger partial charge >= 0.3 is 0 Å². The van der Waals surface area contributed by atoms with E-state index in [1.807, 2.05) is 18.2 Å². The van der Waals surface area contributed by atoms with Crippen LogP contribution in [0.15, 0.2) is 47.1 Å². The van der Waals surface area contributed by atoms with Crippen LogP contribution in [0.3, 0.4) is 0 Å². The Morgan fingerprint density at radius 1 is 0.963 bits per heavy atom. The zero-order valence-corrected chi connectivity index (χ0v) is 15.5. The molecule has 27 heavy (non-hydrogen) atoms. The zero-order valence-electron chi connectivity index (χ0n) is 15.5. The summed E-state index contributed by atoms with van der Waals surface area (Å²) in [5, 5.41) is 3.23. The molecular weight excluding hydrogens is 340 g/mol. The quantitative estimate of drug-likeness (QED) is 0.843. The molecule has 5 heteroatoms. The molecule has 0 unspecified atom stereocenters. The van der Waals surface area contributed by atoms with Gasteiger partial charge in [-0.1, -0.05) is 49.9 Å².